The molecule has 2 unspecified atom stereocenters. The highest BCUT2D eigenvalue weighted by Gasteiger charge is 2.43. The van der Waals surface area contributed by atoms with Crippen LogP contribution in [-0.4, -0.2) is 29.2 Å². The van der Waals surface area contributed by atoms with Crippen molar-refractivity contribution in [2.24, 2.45) is 5.41 Å². The van der Waals surface area contributed by atoms with E-state index in [2.05, 4.69) is 46.4 Å². The minimum atomic E-state index is -0.640. The van der Waals surface area contributed by atoms with Crippen molar-refractivity contribution in [1.29, 1.82) is 0 Å². The summed E-state index contributed by atoms with van der Waals surface area (Å²) in [5, 5.41) is 0. The normalized spacial score (nSPS) is 31.1. The van der Waals surface area contributed by atoms with Gasteiger partial charge in [-0.25, -0.2) is 4.39 Å². The maximum atomic E-state index is 13.4. The average molecular weight is 201 g/mol. The van der Waals surface area contributed by atoms with E-state index in [9.17, 15) is 4.39 Å². The number of hydrogen-bond donors (Lipinski definition) is 0. The van der Waals surface area contributed by atoms with Gasteiger partial charge in [-0.15, -0.1) is 0 Å². The van der Waals surface area contributed by atoms with Crippen LogP contribution in [-0.2, 0) is 0 Å². The smallest absolute Gasteiger partial charge is 0.114 e. The van der Waals surface area contributed by atoms with E-state index in [1.165, 1.54) is 0 Å². The molecule has 1 saturated heterocycles. The first-order chi connectivity index (χ1) is 6.12. The maximum Gasteiger partial charge on any atom is 0.114 e. The van der Waals surface area contributed by atoms with Crippen LogP contribution in [0.2, 0.25) is 0 Å². The van der Waals surface area contributed by atoms with Gasteiger partial charge < -0.3 is 0 Å². The van der Waals surface area contributed by atoms with Gasteiger partial charge in [0, 0.05) is 18.1 Å². The van der Waals surface area contributed by atoms with Crippen LogP contribution in [0.3, 0.4) is 0 Å². The lowest BCUT2D eigenvalue weighted by Gasteiger charge is -2.42. The Kier molecular flexibility index (Phi) is 2.97. The zero-order chi connectivity index (χ0) is 11.1. The quantitative estimate of drug-likeness (QED) is 0.581. The minimum absolute atomic E-state index is 0.0821. The molecular weight excluding hydrogens is 177 g/mol. The van der Waals surface area contributed by atoms with E-state index in [4.69, 9.17) is 0 Å². The zero-order valence-electron chi connectivity index (χ0n) is 10.4. The minimum Gasteiger partial charge on any atom is -0.292 e. The molecule has 1 aliphatic rings. The Morgan fingerprint density at radius 3 is 1.86 bits per heavy atom. The van der Waals surface area contributed by atoms with Gasteiger partial charge in [0.1, 0.15) is 6.17 Å². The highest BCUT2D eigenvalue weighted by molar-refractivity contribution is 4.97. The summed E-state index contributed by atoms with van der Waals surface area (Å²) in [6.45, 7) is 13.7. The first-order valence-electron chi connectivity index (χ1n) is 5.53. The highest BCUT2D eigenvalue weighted by atomic mass is 19.1. The second-order valence-corrected chi connectivity index (χ2v) is 6.54. The molecule has 0 aliphatic carbocycles. The summed E-state index contributed by atoms with van der Waals surface area (Å²) in [7, 11) is 0. The van der Waals surface area contributed by atoms with Crippen molar-refractivity contribution in [3.63, 3.8) is 0 Å². The molecule has 1 nitrogen and oxygen atoms in total. The Labute approximate surface area is 87.7 Å². The molecule has 2 atom stereocenters. The summed E-state index contributed by atoms with van der Waals surface area (Å²) in [4.78, 5) is 2.32. The number of halogens is 1. The molecule has 1 heterocycles. The summed E-state index contributed by atoms with van der Waals surface area (Å²) in [6, 6.07) is 0.373. The molecule has 14 heavy (non-hydrogen) atoms. The predicted octanol–water partition coefficient (Wildman–Crippen LogP) is 3.24. The molecule has 0 saturated carbocycles. The number of alkyl halides is 1. The van der Waals surface area contributed by atoms with Gasteiger partial charge in [0.05, 0.1) is 0 Å². The number of rotatable bonds is 0. The third-order valence-corrected chi connectivity index (χ3v) is 3.11. The van der Waals surface area contributed by atoms with Crippen LogP contribution in [0.4, 0.5) is 4.39 Å². The largest absolute Gasteiger partial charge is 0.292 e. The fourth-order valence-corrected chi connectivity index (χ4v) is 2.35. The number of likely N-dealkylation sites (tertiary alicyclic amines) is 1. The summed E-state index contributed by atoms with van der Waals surface area (Å²) in [5.41, 5.74) is 0.257. The predicted molar refractivity (Wildman–Crippen MR) is 59.2 cm³/mol. The highest BCUT2D eigenvalue weighted by Crippen LogP contribution is 2.37. The Balaban J connectivity index is 2.84. The van der Waals surface area contributed by atoms with Crippen LogP contribution in [0.5, 0.6) is 0 Å². The summed E-state index contributed by atoms with van der Waals surface area (Å²) >= 11 is 0. The lowest BCUT2D eigenvalue weighted by Crippen LogP contribution is -2.49. The van der Waals surface area contributed by atoms with Crippen molar-refractivity contribution in [2.75, 3.05) is 6.54 Å². The molecule has 1 rings (SSSR count). The SMILES string of the molecule is CC(C)(C)C1CC(F)CN1C(C)(C)C. The fraction of sp³-hybridized carbons (Fsp3) is 1.00. The van der Waals surface area contributed by atoms with E-state index in [1.807, 2.05) is 0 Å². The van der Waals surface area contributed by atoms with Crippen LogP contribution >= 0.6 is 0 Å². The Morgan fingerprint density at radius 1 is 1.07 bits per heavy atom. The van der Waals surface area contributed by atoms with Gasteiger partial charge in [-0.05, 0) is 32.6 Å². The van der Waals surface area contributed by atoms with E-state index in [1.54, 1.807) is 0 Å². The average Bonchev–Trinajstić information content (AvgIpc) is 2.27. The Hall–Kier alpha value is -0.110. The van der Waals surface area contributed by atoms with Gasteiger partial charge in [0.15, 0.2) is 0 Å². The number of nitrogens with zero attached hydrogens (tertiary/aromatic N) is 1. The molecule has 0 radical (unpaired) electrons. The van der Waals surface area contributed by atoms with Gasteiger partial charge >= 0.3 is 0 Å². The van der Waals surface area contributed by atoms with Crippen LogP contribution in [0.1, 0.15) is 48.0 Å². The molecule has 1 fully saturated rings. The zero-order valence-corrected chi connectivity index (χ0v) is 10.4. The Morgan fingerprint density at radius 2 is 1.57 bits per heavy atom. The van der Waals surface area contributed by atoms with Gasteiger partial charge in [-0.2, -0.15) is 0 Å². The molecular formula is C12H24FN. The summed E-state index contributed by atoms with van der Waals surface area (Å²) in [5.74, 6) is 0. The van der Waals surface area contributed by atoms with Crippen molar-refractivity contribution in [2.45, 2.75) is 65.7 Å². The van der Waals surface area contributed by atoms with Crippen LogP contribution < -0.4 is 0 Å². The topological polar surface area (TPSA) is 3.24 Å². The van der Waals surface area contributed by atoms with E-state index >= 15 is 0 Å². The molecule has 0 aromatic carbocycles. The molecule has 1 aliphatic heterocycles. The van der Waals surface area contributed by atoms with Crippen LogP contribution in [0.25, 0.3) is 0 Å². The van der Waals surface area contributed by atoms with E-state index < -0.39 is 6.17 Å². The second kappa shape index (κ2) is 3.48. The molecule has 0 N–H and O–H groups in total. The Bertz CT molecular complexity index is 177. The van der Waals surface area contributed by atoms with Gasteiger partial charge in [0.25, 0.3) is 0 Å². The first kappa shape index (κ1) is 12.0. The molecule has 0 aromatic rings. The van der Waals surface area contributed by atoms with Crippen LogP contribution in [0.15, 0.2) is 0 Å². The third-order valence-electron chi connectivity index (χ3n) is 3.11. The van der Waals surface area contributed by atoms with Crippen molar-refractivity contribution in [1.82, 2.24) is 4.90 Å². The van der Waals surface area contributed by atoms with E-state index in [-0.39, 0.29) is 11.0 Å². The third kappa shape index (κ3) is 2.47. The first-order valence-corrected chi connectivity index (χ1v) is 5.53. The van der Waals surface area contributed by atoms with Gasteiger partial charge in [-0.3, -0.25) is 4.90 Å². The lowest BCUT2D eigenvalue weighted by molar-refractivity contribution is 0.0570. The second-order valence-electron chi connectivity index (χ2n) is 6.54. The molecule has 84 valence electrons. The van der Waals surface area contributed by atoms with E-state index in [0.29, 0.717) is 19.0 Å². The molecule has 0 amide bonds. The molecule has 0 bridgehead atoms. The molecule has 0 aromatic heterocycles. The van der Waals surface area contributed by atoms with Gasteiger partial charge in [0.2, 0.25) is 0 Å². The van der Waals surface area contributed by atoms with Crippen molar-refractivity contribution < 1.29 is 4.39 Å². The van der Waals surface area contributed by atoms with Crippen molar-refractivity contribution in [3.05, 3.63) is 0 Å². The van der Waals surface area contributed by atoms with E-state index in [0.717, 1.165) is 0 Å². The standard InChI is InChI=1S/C12H24FN/c1-11(2,3)10-7-9(13)8-14(10)12(4,5)6/h9-10H,7-8H2,1-6H3. The van der Waals surface area contributed by atoms with Crippen LogP contribution in [0, 0.1) is 5.41 Å². The monoisotopic (exact) mass is 201 g/mol. The van der Waals surface area contributed by atoms with Crippen molar-refractivity contribution >= 4 is 0 Å². The summed E-state index contributed by atoms with van der Waals surface area (Å²) in [6.07, 6.45) is 0.0549. The summed E-state index contributed by atoms with van der Waals surface area (Å²) < 4.78 is 13.4. The maximum absolute atomic E-state index is 13.4. The van der Waals surface area contributed by atoms with Crippen molar-refractivity contribution in [3.8, 4) is 0 Å². The molecule has 2 heteroatoms. The fourth-order valence-electron chi connectivity index (χ4n) is 2.35. The lowest BCUT2D eigenvalue weighted by atomic mass is 9.83. The molecule has 0 spiro atoms. The van der Waals surface area contributed by atoms with Gasteiger partial charge in [-0.1, -0.05) is 20.8 Å². The number of hydrogen-bond acceptors (Lipinski definition) is 1.